The molecule has 6 nitrogen and oxygen atoms in total. The number of amides is 3. The normalized spacial score (nSPS) is 13.0. The fourth-order valence-electron chi connectivity index (χ4n) is 1.76. The standard InChI is InChI=1S/C16H25N3O3/c1-4-13(2)17-16(21)18-15(20)12-19(3)10-11-22-14-8-6-5-7-9-14/h5-9,13H,4,10-12H2,1-3H3,(H2,17,18,20,21)/p+1/t13-/m0/s1. The van der Waals surface area contributed by atoms with Gasteiger partial charge in [0, 0.05) is 6.04 Å². The number of urea groups is 1. The predicted octanol–water partition coefficient (Wildman–Crippen LogP) is 0.204. The summed E-state index contributed by atoms with van der Waals surface area (Å²) < 4.78 is 5.57. The first-order chi connectivity index (χ1) is 10.5. The Bertz CT molecular complexity index is 465. The van der Waals surface area contributed by atoms with Gasteiger partial charge in [-0.2, -0.15) is 0 Å². The number of imide groups is 1. The van der Waals surface area contributed by atoms with Crippen molar-refractivity contribution in [1.82, 2.24) is 10.6 Å². The monoisotopic (exact) mass is 308 g/mol. The van der Waals surface area contributed by atoms with Gasteiger partial charge in [0.2, 0.25) is 0 Å². The molecule has 1 rings (SSSR count). The van der Waals surface area contributed by atoms with Crippen molar-refractivity contribution in [2.24, 2.45) is 0 Å². The molecule has 0 heterocycles. The van der Waals surface area contributed by atoms with Crippen molar-refractivity contribution in [3.63, 3.8) is 0 Å². The maximum Gasteiger partial charge on any atom is 0.321 e. The van der Waals surface area contributed by atoms with E-state index in [1.165, 1.54) is 0 Å². The number of quaternary nitrogens is 1. The van der Waals surface area contributed by atoms with E-state index in [0.717, 1.165) is 17.1 Å². The van der Waals surface area contributed by atoms with Gasteiger partial charge in [-0.1, -0.05) is 25.1 Å². The Morgan fingerprint density at radius 1 is 1.27 bits per heavy atom. The van der Waals surface area contributed by atoms with E-state index in [1.807, 2.05) is 51.2 Å². The third-order valence-corrected chi connectivity index (χ3v) is 3.25. The van der Waals surface area contributed by atoms with Crippen molar-refractivity contribution in [1.29, 1.82) is 0 Å². The van der Waals surface area contributed by atoms with Gasteiger partial charge < -0.3 is 15.0 Å². The Morgan fingerprint density at radius 2 is 1.95 bits per heavy atom. The average Bonchev–Trinajstić information content (AvgIpc) is 2.47. The summed E-state index contributed by atoms with van der Waals surface area (Å²) >= 11 is 0. The van der Waals surface area contributed by atoms with E-state index in [-0.39, 0.29) is 18.5 Å². The summed E-state index contributed by atoms with van der Waals surface area (Å²) in [6.07, 6.45) is 0.823. The molecule has 0 aliphatic carbocycles. The van der Waals surface area contributed by atoms with Crippen molar-refractivity contribution in [2.75, 3.05) is 26.7 Å². The van der Waals surface area contributed by atoms with E-state index >= 15 is 0 Å². The highest BCUT2D eigenvalue weighted by atomic mass is 16.5. The van der Waals surface area contributed by atoms with E-state index < -0.39 is 6.03 Å². The molecule has 3 amide bonds. The summed E-state index contributed by atoms with van der Waals surface area (Å²) in [7, 11) is 1.89. The lowest BCUT2D eigenvalue weighted by atomic mass is 10.3. The van der Waals surface area contributed by atoms with Crippen LogP contribution in [0.1, 0.15) is 20.3 Å². The molecule has 0 bridgehead atoms. The smallest absolute Gasteiger partial charge is 0.321 e. The van der Waals surface area contributed by atoms with E-state index in [1.54, 1.807) is 0 Å². The number of nitrogens with one attached hydrogen (secondary N) is 3. The van der Waals surface area contributed by atoms with Gasteiger partial charge in [-0.3, -0.25) is 10.1 Å². The number of carbonyl (C=O) groups is 2. The second kappa shape index (κ2) is 9.78. The highest BCUT2D eigenvalue weighted by molar-refractivity contribution is 5.94. The van der Waals surface area contributed by atoms with Crippen LogP contribution in [0.5, 0.6) is 5.75 Å². The largest absolute Gasteiger partial charge is 0.488 e. The lowest BCUT2D eigenvalue weighted by Gasteiger charge is -2.15. The molecule has 1 aromatic rings. The van der Waals surface area contributed by atoms with Crippen molar-refractivity contribution >= 4 is 11.9 Å². The molecule has 22 heavy (non-hydrogen) atoms. The van der Waals surface area contributed by atoms with Crippen molar-refractivity contribution in [2.45, 2.75) is 26.3 Å². The Morgan fingerprint density at radius 3 is 2.59 bits per heavy atom. The third-order valence-electron chi connectivity index (χ3n) is 3.25. The zero-order valence-electron chi connectivity index (χ0n) is 13.5. The summed E-state index contributed by atoms with van der Waals surface area (Å²) in [6, 6.07) is 9.15. The van der Waals surface area contributed by atoms with Crippen LogP contribution >= 0.6 is 0 Å². The second-order valence-electron chi connectivity index (χ2n) is 5.38. The molecule has 122 valence electrons. The first-order valence-electron chi connectivity index (χ1n) is 7.60. The fourth-order valence-corrected chi connectivity index (χ4v) is 1.76. The minimum absolute atomic E-state index is 0.0529. The molecule has 0 saturated heterocycles. The maximum absolute atomic E-state index is 11.7. The molecule has 0 spiro atoms. The molecule has 0 aromatic heterocycles. The topological polar surface area (TPSA) is 71.9 Å². The van der Waals surface area contributed by atoms with E-state index in [2.05, 4.69) is 10.6 Å². The molecule has 3 N–H and O–H groups in total. The Balaban J connectivity index is 2.19. The summed E-state index contributed by atoms with van der Waals surface area (Å²) in [6.45, 7) is 5.28. The van der Waals surface area contributed by atoms with Crippen LogP contribution in [0.25, 0.3) is 0 Å². The lowest BCUT2D eigenvalue weighted by molar-refractivity contribution is -0.871. The van der Waals surface area contributed by atoms with Gasteiger partial charge in [0.1, 0.15) is 18.9 Å². The van der Waals surface area contributed by atoms with Gasteiger partial charge in [0.15, 0.2) is 6.54 Å². The number of benzene rings is 1. The third kappa shape index (κ3) is 7.64. The maximum atomic E-state index is 11.7. The SMILES string of the molecule is CC[C@H](C)NC(=O)NC(=O)C[NH+](C)CCOc1ccccc1. The molecular weight excluding hydrogens is 282 g/mol. The number of carbonyl (C=O) groups excluding carboxylic acids is 2. The van der Waals surface area contributed by atoms with Crippen molar-refractivity contribution in [3.05, 3.63) is 30.3 Å². The van der Waals surface area contributed by atoms with Crippen LogP contribution in [-0.2, 0) is 4.79 Å². The predicted molar refractivity (Wildman–Crippen MR) is 85.0 cm³/mol. The van der Waals surface area contributed by atoms with Crippen molar-refractivity contribution < 1.29 is 19.2 Å². The molecular formula is C16H26N3O3+. The van der Waals surface area contributed by atoms with Gasteiger partial charge in [0.05, 0.1) is 7.05 Å². The van der Waals surface area contributed by atoms with Crippen LogP contribution < -0.4 is 20.3 Å². The minimum Gasteiger partial charge on any atom is -0.488 e. The van der Waals surface area contributed by atoms with E-state index in [4.69, 9.17) is 4.74 Å². The number of rotatable bonds is 8. The highest BCUT2D eigenvalue weighted by Crippen LogP contribution is 2.06. The number of hydrogen-bond acceptors (Lipinski definition) is 3. The summed E-state index contributed by atoms with van der Waals surface area (Å²) in [5, 5.41) is 5.03. The summed E-state index contributed by atoms with van der Waals surface area (Å²) in [5.74, 6) is 0.519. The first-order valence-corrected chi connectivity index (χ1v) is 7.60. The van der Waals surface area contributed by atoms with Crippen LogP contribution in [-0.4, -0.2) is 44.7 Å². The minimum atomic E-state index is -0.437. The van der Waals surface area contributed by atoms with Crippen LogP contribution in [0.3, 0.4) is 0 Å². The van der Waals surface area contributed by atoms with Crippen molar-refractivity contribution in [3.8, 4) is 5.75 Å². The molecule has 6 heteroatoms. The van der Waals surface area contributed by atoms with Gasteiger partial charge in [-0.25, -0.2) is 4.79 Å². The number of hydrogen-bond donors (Lipinski definition) is 3. The summed E-state index contributed by atoms with van der Waals surface area (Å²) in [4.78, 5) is 24.2. The zero-order chi connectivity index (χ0) is 16.4. The molecule has 0 fully saturated rings. The summed E-state index contributed by atoms with van der Waals surface area (Å²) in [5.41, 5.74) is 0. The quantitative estimate of drug-likeness (QED) is 0.643. The second-order valence-corrected chi connectivity index (χ2v) is 5.38. The van der Waals surface area contributed by atoms with E-state index in [0.29, 0.717) is 13.2 Å². The Hall–Kier alpha value is -2.08. The van der Waals surface area contributed by atoms with Gasteiger partial charge in [-0.05, 0) is 25.5 Å². The molecule has 0 aliphatic rings. The number of para-hydroxylation sites is 1. The zero-order valence-corrected chi connectivity index (χ0v) is 13.5. The van der Waals surface area contributed by atoms with E-state index in [9.17, 15) is 9.59 Å². The molecule has 0 saturated carbocycles. The number of likely N-dealkylation sites (N-methyl/N-ethyl adjacent to an activating group) is 1. The fraction of sp³-hybridized carbons (Fsp3) is 0.500. The van der Waals surface area contributed by atoms with Gasteiger partial charge in [0.25, 0.3) is 5.91 Å². The van der Waals surface area contributed by atoms with Crippen LogP contribution in [0.4, 0.5) is 4.79 Å². The van der Waals surface area contributed by atoms with Gasteiger partial charge in [-0.15, -0.1) is 0 Å². The first kappa shape index (κ1) is 18.0. The van der Waals surface area contributed by atoms with Crippen LogP contribution in [0.2, 0.25) is 0 Å². The molecule has 2 atom stereocenters. The Kier molecular flexibility index (Phi) is 7.99. The molecule has 0 aliphatic heterocycles. The molecule has 1 aromatic carbocycles. The number of ether oxygens (including phenoxy) is 1. The van der Waals surface area contributed by atoms with Crippen LogP contribution in [0.15, 0.2) is 30.3 Å². The molecule has 1 unspecified atom stereocenters. The highest BCUT2D eigenvalue weighted by Gasteiger charge is 2.14. The van der Waals surface area contributed by atoms with Crippen LogP contribution in [0, 0.1) is 0 Å². The average molecular weight is 308 g/mol. The Labute approximate surface area is 131 Å². The molecule has 0 radical (unpaired) electrons. The van der Waals surface area contributed by atoms with Gasteiger partial charge >= 0.3 is 6.03 Å². The lowest BCUT2D eigenvalue weighted by Crippen LogP contribution is -3.10.